The summed E-state index contributed by atoms with van der Waals surface area (Å²) in [6, 6.07) is 0. The normalized spacial score (nSPS) is 13.4. The molecule has 1 atom stereocenters. The molecular formula is C63H96O6. The van der Waals surface area contributed by atoms with Gasteiger partial charge in [0.25, 0.3) is 0 Å². The van der Waals surface area contributed by atoms with Gasteiger partial charge in [0.1, 0.15) is 13.2 Å². The Balaban J connectivity index is 4.62. The molecule has 0 radical (unpaired) electrons. The van der Waals surface area contributed by atoms with E-state index in [0.29, 0.717) is 19.3 Å². The predicted molar refractivity (Wildman–Crippen MR) is 297 cm³/mol. The van der Waals surface area contributed by atoms with Crippen molar-refractivity contribution in [3.63, 3.8) is 0 Å². The molecule has 0 aliphatic rings. The fraction of sp³-hybridized carbons (Fsp3) is 0.540. The minimum absolute atomic E-state index is 0.126. The summed E-state index contributed by atoms with van der Waals surface area (Å²) in [6.07, 6.45) is 80.7. The Hall–Kier alpha value is -4.97. The van der Waals surface area contributed by atoms with Gasteiger partial charge < -0.3 is 14.2 Å². The van der Waals surface area contributed by atoms with E-state index in [1.54, 1.807) is 0 Å². The molecule has 384 valence electrons. The van der Waals surface area contributed by atoms with Crippen molar-refractivity contribution in [1.29, 1.82) is 0 Å². The van der Waals surface area contributed by atoms with Crippen LogP contribution in [0.4, 0.5) is 0 Å². The largest absolute Gasteiger partial charge is 0.462 e. The molecule has 0 aromatic heterocycles. The second-order valence-corrected chi connectivity index (χ2v) is 17.4. The number of unbranched alkanes of at least 4 members (excludes halogenated alkanes) is 19. The minimum atomic E-state index is -0.832. The number of rotatable bonds is 46. The maximum Gasteiger partial charge on any atom is 0.306 e. The molecule has 0 N–H and O–H groups in total. The Morgan fingerprint density at radius 2 is 0.594 bits per heavy atom. The second kappa shape index (κ2) is 55.6. The number of hydrogen-bond acceptors (Lipinski definition) is 6. The van der Waals surface area contributed by atoms with E-state index in [9.17, 15) is 14.4 Å². The molecule has 0 saturated heterocycles. The van der Waals surface area contributed by atoms with Gasteiger partial charge in [-0.2, -0.15) is 0 Å². The molecule has 0 aromatic rings. The van der Waals surface area contributed by atoms with Crippen molar-refractivity contribution in [3.05, 3.63) is 158 Å². The number of esters is 3. The van der Waals surface area contributed by atoms with Crippen molar-refractivity contribution in [2.75, 3.05) is 13.2 Å². The van der Waals surface area contributed by atoms with E-state index in [-0.39, 0.29) is 37.5 Å². The van der Waals surface area contributed by atoms with Crippen molar-refractivity contribution in [1.82, 2.24) is 0 Å². The first kappa shape index (κ1) is 64.0. The highest BCUT2D eigenvalue weighted by molar-refractivity contribution is 5.71. The molecule has 0 aromatic carbocycles. The molecule has 6 nitrogen and oxygen atoms in total. The van der Waals surface area contributed by atoms with Crippen LogP contribution < -0.4 is 0 Å². The van der Waals surface area contributed by atoms with E-state index in [4.69, 9.17) is 14.2 Å². The zero-order valence-corrected chi connectivity index (χ0v) is 43.8. The van der Waals surface area contributed by atoms with E-state index in [0.717, 1.165) is 103 Å². The standard InChI is InChI=1S/C63H96O6/c1-4-7-10-13-16-19-22-25-28-31-33-35-38-41-44-47-50-53-56-62(65)68-59-60(58-67-61(64)55-52-49-46-43-40-37-34-30-27-24-21-18-15-12-9-6-3)69-63(66)57-54-51-48-45-42-39-36-32-29-26-23-20-17-14-11-8-5-2/h8,10-11,13-14,16-17,19-20,22-23,25-26,28-37,39-40,42,60H,4-7,9,12,15,18,21,24,27,38,41,43-59H2,1-3H3/b11-8-,13-10-,17-14-,19-16-,23-20-,25-22-,29-26-,31-28-,34-30-,35-33-,36-32+,40-37-,42-39-. The van der Waals surface area contributed by atoms with Crippen molar-refractivity contribution in [2.24, 2.45) is 0 Å². The average Bonchev–Trinajstić information content (AvgIpc) is 3.35. The summed E-state index contributed by atoms with van der Waals surface area (Å²) in [5, 5.41) is 0. The van der Waals surface area contributed by atoms with Crippen LogP contribution in [0.3, 0.4) is 0 Å². The molecule has 0 heterocycles. The summed E-state index contributed by atoms with van der Waals surface area (Å²) < 4.78 is 16.8. The van der Waals surface area contributed by atoms with Crippen LogP contribution in [0.25, 0.3) is 0 Å². The molecular weight excluding hydrogens is 853 g/mol. The SMILES string of the molecule is CC\C=C/C=C\C=C/C=C\C=C\C=C/CCCCCC(=O)OC(COC(=O)CCCCC/C=C\C=C/CCCCCCCCC)COC(=O)CCCCCCC\C=C/C=C\C=C/C=C\C=C/CCC. The van der Waals surface area contributed by atoms with Gasteiger partial charge in [-0.05, 0) is 83.5 Å². The summed E-state index contributed by atoms with van der Waals surface area (Å²) in [7, 11) is 0. The summed E-state index contributed by atoms with van der Waals surface area (Å²) in [5.74, 6) is -1.03. The Morgan fingerprint density at radius 1 is 0.304 bits per heavy atom. The van der Waals surface area contributed by atoms with Crippen LogP contribution in [0, 0.1) is 0 Å². The summed E-state index contributed by atoms with van der Waals surface area (Å²) in [5.41, 5.74) is 0. The van der Waals surface area contributed by atoms with Gasteiger partial charge in [-0.1, -0.05) is 256 Å². The lowest BCUT2D eigenvalue weighted by Crippen LogP contribution is -2.30. The van der Waals surface area contributed by atoms with Gasteiger partial charge >= 0.3 is 17.9 Å². The Kier molecular flexibility index (Phi) is 51.6. The molecule has 69 heavy (non-hydrogen) atoms. The third kappa shape index (κ3) is 53.8. The van der Waals surface area contributed by atoms with E-state index in [1.807, 2.05) is 97.2 Å². The number of carbonyl (C=O) groups is 3. The zero-order chi connectivity index (χ0) is 50.0. The van der Waals surface area contributed by atoms with E-state index >= 15 is 0 Å². The maximum absolute atomic E-state index is 12.8. The molecule has 0 aliphatic heterocycles. The van der Waals surface area contributed by atoms with Crippen LogP contribution in [-0.4, -0.2) is 37.2 Å². The lowest BCUT2D eigenvalue weighted by molar-refractivity contribution is -0.167. The van der Waals surface area contributed by atoms with Crippen molar-refractivity contribution in [2.45, 2.75) is 207 Å². The van der Waals surface area contributed by atoms with E-state index in [2.05, 4.69) is 81.5 Å². The first-order chi connectivity index (χ1) is 34.0. The van der Waals surface area contributed by atoms with Crippen LogP contribution in [0.1, 0.15) is 201 Å². The molecule has 6 heteroatoms. The lowest BCUT2D eigenvalue weighted by Gasteiger charge is -2.18. The van der Waals surface area contributed by atoms with Crippen LogP contribution >= 0.6 is 0 Å². The van der Waals surface area contributed by atoms with Crippen molar-refractivity contribution < 1.29 is 28.6 Å². The van der Waals surface area contributed by atoms with Gasteiger partial charge in [-0.3, -0.25) is 14.4 Å². The van der Waals surface area contributed by atoms with Gasteiger partial charge in [0.2, 0.25) is 0 Å². The van der Waals surface area contributed by atoms with Crippen LogP contribution in [0.5, 0.6) is 0 Å². The molecule has 0 bridgehead atoms. The molecule has 0 aliphatic carbocycles. The zero-order valence-electron chi connectivity index (χ0n) is 43.8. The minimum Gasteiger partial charge on any atom is -0.462 e. The third-order valence-corrected chi connectivity index (χ3v) is 10.8. The summed E-state index contributed by atoms with van der Waals surface area (Å²) >= 11 is 0. The van der Waals surface area contributed by atoms with Gasteiger partial charge in [-0.15, -0.1) is 0 Å². The monoisotopic (exact) mass is 949 g/mol. The quantitative estimate of drug-likeness (QED) is 0.0262. The highest BCUT2D eigenvalue weighted by Gasteiger charge is 2.19. The second-order valence-electron chi connectivity index (χ2n) is 17.4. The van der Waals surface area contributed by atoms with Crippen molar-refractivity contribution >= 4 is 17.9 Å². The Labute approximate surface area is 422 Å². The van der Waals surface area contributed by atoms with Gasteiger partial charge in [0.15, 0.2) is 6.10 Å². The lowest BCUT2D eigenvalue weighted by atomic mass is 10.1. The Bertz CT molecular complexity index is 1610. The maximum atomic E-state index is 12.8. The summed E-state index contributed by atoms with van der Waals surface area (Å²) in [6.45, 7) is 6.29. The Morgan fingerprint density at radius 3 is 0.971 bits per heavy atom. The van der Waals surface area contributed by atoms with Crippen LogP contribution in [0.2, 0.25) is 0 Å². The van der Waals surface area contributed by atoms with Gasteiger partial charge in [0, 0.05) is 19.3 Å². The third-order valence-electron chi connectivity index (χ3n) is 10.8. The molecule has 0 saturated carbocycles. The number of ether oxygens (including phenoxy) is 3. The van der Waals surface area contributed by atoms with Gasteiger partial charge in [0.05, 0.1) is 0 Å². The fourth-order valence-corrected chi connectivity index (χ4v) is 6.73. The number of carbonyl (C=O) groups excluding carboxylic acids is 3. The fourth-order valence-electron chi connectivity index (χ4n) is 6.73. The number of hydrogen-bond donors (Lipinski definition) is 0. The highest BCUT2D eigenvalue weighted by atomic mass is 16.6. The number of allylic oxidation sites excluding steroid dienone is 26. The molecule has 1 unspecified atom stereocenters. The average molecular weight is 949 g/mol. The van der Waals surface area contributed by atoms with E-state index in [1.165, 1.54) is 51.4 Å². The van der Waals surface area contributed by atoms with Crippen LogP contribution in [-0.2, 0) is 28.6 Å². The molecule has 0 rings (SSSR count). The molecule has 0 fully saturated rings. The highest BCUT2D eigenvalue weighted by Crippen LogP contribution is 2.12. The molecule has 0 amide bonds. The molecule has 0 spiro atoms. The summed E-state index contributed by atoms with van der Waals surface area (Å²) in [4.78, 5) is 38.1. The van der Waals surface area contributed by atoms with Crippen molar-refractivity contribution in [3.8, 4) is 0 Å². The predicted octanol–water partition coefficient (Wildman–Crippen LogP) is 18.2. The topological polar surface area (TPSA) is 78.9 Å². The van der Waals surface area contributed by atoms with E-state index < -0.39 is 6.10 Å². The van der Waals surface area contributed by atoms with Gasteiger partial charge in [-0.25, -0.2) is 0 Å². The smallest absolute Gasteiger partial charge is 0.306 e. The first-order valence-electron chi connectivity index (χ1n) is 27.2. The first-order valence-corrected chi connectivity index (χ1v) is 27.2. The van der Waals surface area contributed by atoms with Crippen LogP contribution in [0.15, 0.2) is 158 Å².